The highest BCUT2D eigenvalue weighted by Gasteiger charge is 2.24. The van der Waals surface area contributed by atoms with E-state index < -0.39 is 4.92 Å². The third-order valence-corrected chi connectivity index (χ3v) is 4.68. The SMILES string of the molecule is CCN(CC)c1ccc(NC(=O)C(C)Cn2nc(C)c([N+](=O)[O-])c2C)cc1. The maximum atomic E-state index is 12.5. The highest BCUT2D eigenvalue weighted by molar-refractivity contribution is 5.92. The minimum absolute atomic E-state index is 0.00889. The van der Waals surface area contributed by atoms with E-state index in [0.717, 1.165) is 24.5 Å². The van der Waals surface area contributed by atoms with Crippen molar-refractivity contribution < 1.29 is 9.72 Å². The molecule has 2 aromatic rings. The molecule has 0 saturated carbocycles. The van der Waals surface area contributed by atoms with Crippen LogP contribution in [0.5, 0.6) is 0 Å². The number of hydrogen-bond acceptors (Lipinski definition) is 5. The Balaban J connectivity index is 2.04. The van der Waals surface area contributed by atoms with Crippen LogP contribution in [0.4, 0.5) is 17.1 Å². The van der Waals surface area contributed by atoms with E-state index in [9.17, 15) is 14.9 Å². The second kappa shape index (κ2) is 8.66. The summed E-state index contributed by atoms with van der Waals surface area (Å²) in [5.41, 5.74) is 2.66. The van der Waals surface area contributed by atoms with Gasteiger partial charge in [0.15, 0.2) is 0 Å². The van der Waals surface area contributed by atoms with Gasteiger partial charge >= 0.3 is 5.69 Å². The maximum absolute atomic E-state index is 12.5. The lowest BCUT2D eigenvalue weighted by Crippen LogP contribution is -2.25. The van der Waals surface area contributed by atoms with E-state index in [4.69, 9.17) is 0 Å². The first-order valence-corrected chi connectivity index (χ1v) is 9.12. The van der Waals surface area contributed by atoms with Crippen LogP contribution < -0.4 is 10.2 Å². The largest absolute Gasteiger partial charge is 0.372 e. The minimum Gasteiger partial charge on any atom is -0.372 e. The first-order chi connectivity index (χ1) is 12.8. The molecule has 27 heavy (non-hydrogen) atoms. The van der Waals surface area contributed by atoms with E-state index in [0.29, 0.717) is 11.4 Å². The minimum atomic E-state index is -0.434. The van der Waals surface area contributed by atoms with Gasteiger partial charge in [0.2, 0.25) is 5.91 Å². The van der Waals surface area contributed by atoms with E-state index in [2.05, 4.69) is 29.2 Å². The zero-order chi connectivity index (χ0) is 20.1. The van der Waals surface area contributed by atoms with Gasteiger partial charge < -0.3 is 10.2 Å². The summed E-state index contributed by atoms with van der Waals surface area (Å²) in [4.78, 5) is 25.4. The van der Waals surface area contributed by atoms with E-state index in [1.165, 1.54) is 4.68 Å². The van der Waals surface area contributed by atoms with Crippen molar-refractivity contribution in [1.82, 2.24) is 9.78 Å². The molecule has 0 fully saturated rings. The number of amides is 1. The number of aromatic nitrogens is 2. The molecular weight excluding hydrogens is 346 g/mol. The lowest BCUT2D eigenvalue weighted by atomic mass is 10.1. The molecule has 8 nitrogen and oxygen atoms in total. The summed E-state index contributed by atoms with van der Waals surface area (Å²) in [6.45, 7) is 11.4. The Morgan fingerprint density at radius 3 is 2.33 bits per heavy atom. The smallest absolute Gasteiger partial charge is 0.312 e. The lowest BCUT2D eigenvalue weighted by Gasteiger charge is -2.21. The molecule has 8 heteroatoms. The molecule has 1 heterocycles. The Morgan fingerprint density at radius 1 is 1.26 bits per heavy atom. The average molecular weight is 373 g/mol. The van der Waals surface area contributed by atoms with Crippen molar-refractivity contribution in [3.05, 3.63) is 45.8 Å². The molecule has 0 radical (unpaired) electrons. The van der Waals surface area contributed by atoms with Crippen LogP contribution in [0.25, 0.3) is 0 Å². The van der Waals surface area contributed by atoms with E-state index in [1.807, 2.05) is 24.3 Å². The summed E-state index contributed by atoms with van der Waals surface area (Å²) in [6, 6.07) is 7.73. The molecular formula is C19H27N5O3. The van der Waals surface area contributed by atoms with Crippen molar-refractivity contribution >= 4 is 23.0 Å². The molecule has 0 aliphatic carbocycles. The number of aryl methyl sites for hydroxylation is 1. The highest BCUT2D eigenvalue weighted by atomic mass is 16.6. The van der Waals surface area contributed by atoms with Crippen LogP contribution in [0.3, 0.4) is 0 Å². The van der Waals surface area contributed by atoms with E-state index in [-0.39, 0.29) is 24.1 Å². The number of nitro groups is 1. The number of nitrogens with one attached hydrogen (secondary N) is 1. The van der Waals surface area contributed by atoms with Crippen molar-refractivity contribution in [3.63, 3.8) is 0 Å². The number of rotatable bonds is 8. The topological polar surface area (TPSA) is 93.3 Å². The van der Waals surface area contributed by atoms with Crippen LogP contribution in [0.2, 0.25) is 0 Å². The Kier molecular flexibility index (Phi) is 6.55. The standard InChI is InChI=1S/C19H27N5O3/c1-6-22(7-2)17-10-8-16(9-11-17)20-19(25)13(3)12-23-15(5)18(24(26)27)14(4)21-23/h8-11,13H,6-7,12H2,1-5H3,(H,20,25). The van der Waals surface area contributed by atoms with Gasteiger partial charge in [-0.15, -0.1) is 0 Å². The molecule has 1 N–H and O–H groups in total. The third kappa shape index (κ3) is 4.64. The molecule has 0 aliphatic heterocycles. The maximum Gasteiger partial charge on any atom is 0.312 e. The first-order valence-electron chi connectivity index (χ1n) is 9.12. The van der Waals surface area contributed by atoms with Gasteiger partial charge in [0.05, 0.1) is 17.4 Å². The molecule has 1 aromatic heterocycles. The summed E-state index contributed by atoms with van der Waals surface area (Å²) in [7, 11) is 0. The monoisotopic (exact) mass is 373 g/mol. The molecule has 1 aromatic carbocycles. The fourth-order valence-corrected chi connectivity index (χ4v) is 3.08. The van der Waals surface area contributed by atoms with Crippen LogP contribution in [-0.2, 0) is 11.3 Å². The van der Waals surface area contributed by atoms with Gasteiger partial charge in [0.1, 0.15) is 11.4 Å². The first kappa shape index (κ1) is 20.4. The summed E-state index contributed by atoms with van der Waals surface area (Å²) in [5, 5.41) is 18.2. The van der Waals surface area contributed by atoms with Crippen LogP contribution in [0.15, 0.2) is 24.3 Å². The van der Waals surface area contributed by atoms with Gasteiger partial charge in [0.25, 0.3) is 0 Å². The predicted molar refractivity (Wildman–Crippen MR) is 106 cm³/mol. The number of hydrogen-bond donors (Lipinski definition) is 1. The van der Waals surface area contributed by atoms with Crippen molar-refractivity contribution in [2.75, 3.05) is 23.3 Å². The summed E-state index contributed by atoms with van der Waals surface area (Å²) in [5.74, 6) is -0.536. The van der Waals surface area contributed by atoms with Gasteiger partial charge in [-0.3, -0.25) is 19.6 Å². The number of carbonyl (C=O) groups excluding carboxylic acids is 1. The summed E-state index contributed by atoms with van der Waals surface area (Å²) < 4.78 is 1.53. The molecule has 1 amide bonds. The molecule has 0 bridgehead atoms. The van der Waals surface area contributed by atoms with E-state index >= 15 is 0 Å². The summed E-state index contributed by atoms with van der Waals surface area (Å²) >= 11 is 0. The Labute approximate surface area is 159 Å². The van der Waals surface area contributed by atoms with Gasteiger partial charge in [0, 0.05) is 24.5 Å². The molecule has 0 spiro atoms. The van der Waals surface area contributed by atoms with Crippen molar-refractivity contribution in [2.45, 2.75) is 41.2 Å². The predicted octanol–water partition coefficient (Wildman–Crippen LogP) is 3.53. The van der Waals surface area contributed by atoms with Crippen LogP contribution >= 0.6 is 0 Å². The van der Waals surface area contributed by atoms with Gasteiger partial charge in [-0.1, -0.05) is 6.92 Å². The van der Waals surface area contributed by atoms with Crippen LogP contribution in [0, 0.1) is 29.9 Å². The molecule has 1 atom stereocenters. The van der Waals surface area contributed by atoms with Gasteiger partial charge in [-0.25, -0.2) is 0 Å². The molecule has 1 unspecified atom stereocenters. The zero-order valence-corrected chi connectivity index (χ0v) is 16.5. The quantitative estimate of drug-likeness (QED) is 0.564. The van der Waals surface area contributed by atoms with Crippen LogP contribution in [-0.4, -0.2) is 33.7 Å². The molecule has 146 valence electrons. The fourth-order valence-electron chi connectivity index (χ4n) is 3.08. The number of anilines is 2. The Morgan fingerprint density at radius 2 is 1.85 bits per heavy atom. The normalized spacial score (nSPS) is 11.9. The van der Waals surface area contributed by atoms with Gasteiger partial charge in [-0.05, 0) is 52.0 Å². The Bertz CT molecular complexity index is 809. The Hall–Kier alpha value is -2.90. The summed E-state index contributed by atoms with van der Waals surface area (Å²) in [6.07, 6.45) is 0. The average Bonchev–Trinajstić information content (AvgIpc) is 2.90. The second-order valence-corrected chi connectivity index (χ2v) is 6.57. The number of nitrogens with zero attached hydrogens (tertiary/aromatic N) is 4. The highest BCUT2D eigenvalue weighted by Crippen LogP contribution is 2.23. The van der Waals surface area contributed by atoms with Crippen molar-refractivity contribution in [3.8, 4) is 0 Å². The van der Waals surface area contributed by atoms with Crippen molar-refractivity contribution in [2.24, 2.45) is 5.92 Å². The third-order valence-electron chi connectivity index (χ3n) is 4.68. The second-order valence-electron chi connectivity index (χ2n) is 6.57. The molecule has 0 aliphatic rings. The fraction of sp³-hybridized carbons (Fsp3) is 0.474. The number of carbonyl (C=O) groups is 1. The van der Waals surface area contributed by atoms with Crippen LogP contribution in [0.1, 0.15) is 32.2 Å². The molecule has 0 saturated heterocycles. The lowest BCUT2D eigenvalue weighted by molar-refractivity contribution is -0.386. The molecule has 2 rings (SSSR count). The number of benzene rings is 1. The zero-order valence-electron chi connectivity index (χ0n) is 16.5. The van der Waals surface area contributed by atoms with E-state index in [1.54, 1.807) is 20.8 Å². The van der Waals surface area contributed by atoms with Crippen molar-refractivity contribution in [1.29, 1.82) is 0 Å². The van der Waals surface area contributed by atoms with Gasteiger partial charge in [-0.2, -0.15) is 5.10 Å².